The van der Waals surface area contributed by atoms with E-state index in [1.165, 1.54) is 57.8 Å². The van der Waals surface area contributed by atoms with E-state index >= 15 is 0 Å². The van der Waals surface area contributed by atoms with Gasteiger partial charge in [0.2, 0.25) is 0 Å². The van der Waals surface area contributed by atoms with Crippen LogP contribution in [0.1, 0.15) is 81.5 Å². The second-order valence-corrected chi connectivity index (χ2v) is 10.4. The maximum atomic E-state index is 13.1. The average Bonchev–Trinajstić information content (AvgIpc) is 3.03. The molecule has 0 bridgehead atoms. The van der Waals surface area contributed by atoms with Crippen LogP contribution in [0, 0.1) is 0 Å². The molecular formula is C36H42N2O4. The van der Waals surface area contributed by atoms with E-state index in [0.717, 1.165) is 22.9 Å². The molecule has 0 unspecified atom stereocenters. The lowest BCUT2D eigenvalue weighted by Gasteiger charge is -2.11. The molecule has 0 radical (unpaired) electrons. The van der Waals surface area contributed by atoms with Gasteiger partial charge in [0, 0.05) is 5.39 Å². The monoisotopic (exact) mass is 566 g/mol. The second-order valence-electron chi connectivity index (χ2n) is 10.4. The molecule has 4 rings (SSSR count). The Labute approximate surface area is 249 Å². The van der Waals surface area contributed by atoms with E-state index < -0.39 is 5.97 Å². The van der Waals surface area contributed by atoms with E-state index in [1.807, 2.05) is 66.7 Å². The largest absolute Gasteiger partial charge is 0.494 e. The van der Waals surface area contributed by atoms with Crippen molar-refractivity contribution in [1.29, 1.82) is 0 Å². The van der Waals surface area contributed by atoms with E-state index in [-0.39, 0.29) is 0 Å². The molecule has 42 heavy (non-hydrogen) atoms. The van der Waals surface area contributed by atoms with Gasteiger partial charge in [-0.05, 0) is 54.3 Å². The average molecular weight is 567 g/mol. The molecule has 0 spiro atoms. The van der Waals surface area contributed by atoms with E-state index in [1.54, 1.807) is 25.3 Å². The van der Waals surface area contributed by atoms with Crippen molar-refractivity contribution in [1.82, 2.24) is 0 Å². The molecule has 220 valence electrons. The van der Waals surface area contributed by atoms with Crippen LogP contribution in [0.2, 0.25) is 0 Å². The summed E-state index contributed by atoms with van der Waals surface area (Å²) in [5, 5.41) is 10.7. The van der Waals surface area contributed by atoms with Gasteiger partial charge in [0.15, 0.2) is 5.75 Å². The molecule has 0 saturated carbocycles. The Balaban J connectivity index is 1.32. The maximum Gasteiger partial charge on any atom is 0.343 e. The number of esters is 1. The number of rotatable bonds is 17. The number of carbonyl (C=O) groups is 1. The summed E-state index contributed by atoms with van der Waals surface area (Å²) in [6, 6.07) is 25.9. The van der Waals surface area contributed by atoms with Crippen LogP contribution in [0.3, 0.4) is 0 Å². The van der Waals surface area contributed by atoms with Gasteiger partial charge in [0.1, 0.15) is 22.9 Å². The third-order valence-corrected chi connectivity index (χ3v) is 7.27. The number of hydrogen-bond donors (Lipinski definition) is 0. The molecule has 0 aromatic heterocycles. The first-order valence-corrected chi connectivity index (χ1v) is 15.2. The van der Waals surface area contributed by atoms with Crippen LogP contribution in [-0.2, 0) is 0 Å². The molecule has 0 heterocycles. The molecule has 6 heteroatoms. The predicted octanol–water partition coefficient (Wildman–Crippen LogP) is 10.8. The summed E-state index contributed by atoms with van der Waals surface area (Å²) in [5.74, 6) is 1.22. The Kier molecular flexibility index (Phi) is 12.4. The van der Waals surface area contributed by atoms with Crippen LogP contribution in [0.4, 0.5) is 11.4 Å². The minimum absolute atomic E-state index is 0.332. The molecule has 0 fully saturated rings. The van der Waals surface area contributed by atoms with Crippen molar-refractivity contribution in [2.75, 3.05) is 13.7 Å². The molecule has 4 aromatic carbocycles. The number of para-hydroxylation sites is 1. The lowest BCUT2D eigenvalue weighted by atomic mass is 10.1. The van der Waals surface area contributed by atoms with Crippen molar-refractivity contribution in [3.63, 3.8) is 0 Å². The fourth-order valence-corrected chi connectivity index (χ4v) is 4.86. The molecular weight excluding hydrogens is 524 g/mol. The summed E-state index contributed by atoms with van der Waals surface area (Å²) >= 11 is 0. The van der Waals surface area contributed by atoms with Crippen LogP contribution in [0.25, 0.3) is 10.8 Å². The number of carbonyl (C=O) groups excluding carboxylic acids is 1. The molecule has 6 nitrogen and oxygen atoms in total. The third kappa shape index (κ3) is 9.16. The summed E-state index contributed by atoms with van der Waals surface area (Å²) in [6.45, 7) is 2.94. The van der Waals surface area contributed by atoms with Gasteiger partial charge >= 0.3 is 5.97 Å². The zero-order valence-electron chi connectivity index (χ0n) is 24.9. The van der Waals surface area contributed by atoms with Gasteiger partial charge in [-0.2, -0.15) is 0 Å². The van der Waals surface area contributed by atoms with E-state index in [9.17, 15) is 4.79 Å². The van der Waals surface area contributed by atoms with E-state index in [0.29, 0.717) is 35.0 Å². The Morgan fingerprint density at radius 1 is 0.667 bits per heavy atom. The van der Waals surface area contributed by atoms with Crippen LogP contribution < -0.4 is 14.2 Å². The minimum atomic E-state index is -0.472. The maximum absolute atomic E-state index is 13.1. The zero-order chi connectivity index (χ0) is 29.4. The number of azo groups is 1. The Morgan fingerprint density at radius 3 is 2.07 bits per heavy atom. The number of benzene rings is 4. The molecule has 0 aliphatic carbocycles. The van der Waals surface area contributed by atoms with Crippen molar-refractivity contribution in [3.8, 4) is 17.2 Å². The molecule has 0 aliphatic rings. The zero-order valence-corrected chi connectivity index (χ0v) is 24.9. The molecule has 0 N–H and O–H groups in total. The summed E-state index contributed by atoms with van der Waals surface area (Å²) < 4.78 is 17.1. The van der Waals surface area contributed by atoms with Gasteiger partial charge in [0.25, 0.3) is 0 Å². The predicted molar refractivity (Wildman–Crippen MR) is 170 cm³/mol. The van der Waals surface area contributed by atoms with Crippen molar-refractivity contribution in [2.45, 2.75) is 71.1 Å². The highest BCUT2D eigenvalue weighted by Crippen LogP contribution is 2.38. The molecule has 0 atom stereocenters. The van der Waals surface area contributed by atoms with Crippen LogP contribution in [-0.4, -0.2) is 19.7 Å². The first-order chi connectivity index (χ1) is 20.7. The van der Waals surface area contributed by atoms with Crippen LogP contribution in [0.15, 0.2) is 95.2 Å². The van der Waals surface area contributed by atoms with Gasteiger partial charge in [-0.15, -0.1) is 10.2 Å². The number of unbranched alkanes of at least 4 members (excludes halogenated alkanes) is 9. The number of ether oxygens (including phenoxy) is 3. The standard InChI is InChI=1S/C36H42N2O4/c1-3-4-5-6-7-8-9-10-11-16-27-41-30-24-21-29(22-25-30)36(39)42-34-26-23-28-17-12-13-18-31(28)35(34)38-37-32-19-14-15-20-33(32)40-2/h12-15,17-26H,3-11,16,27H2,1-2H3. The van der Waals surface area contributed by atoms with Crippen LogP contribution >= 0.6 is 0 Å². The third-order valence-electron chi connectivity index (χ3n) is 7.27. The molecule has 4 aromatic rings. The summed E-state index contributed by atoms with van der Waals surface area (Å²) in [6.07, 6.45) is 12.9. The lowest BCUT2D eigenvalue weighted by molar-refractivity contribution is 0.0735. The highest BCUT2D eigenvalue weighted by Gasteiger charge is 2.15. The van der Waals surface area contributed by atoms with Gasteiger partial charge < -0.3 is 14.2 Å². The Hall–Kier alpha value is -4.19. The number of hydrogen-bond acceptors (Lipinski definition) is 6. The van der Waals surface area contributed by atoms with Gasteiger partial charge in [-0.1, -0.05) is 107 Å². The quantitative estimate of drug-likeness (QED) is 0.0551. The highest BCUT2D eigenvalue weighted by atomic mass is 16.5. The smallest absolute Gasteiger partial charge is 0.343 e. The van der Waals surface area contributed by atoms with Crippen molar-refractivity contribution < 1.29 is 19.0 Å². The topological polar surface area (TPSA) is 69.5 Å². The first-order valence-electron chi connectivity index (χ1n) is 15.2. The van der Waals surface area contributed by atoms with Crippen LogP contribution in [0.5, 0.6) is 17.2 Å². The molecule has 0 amide bonds. The number of fused-ring (bicyclic) bond motifs is 1. The normalized spacial score (nSPS) is 11.2. The lowest BCUT2D eigenvalue weighted by Crippen LogP contribution is -2.08. The fraction of sp³-hybridized carbons (Fsp3) is 0.361. The van der Waals surface area contributed by atoms with E-state index in [2.05, 4.69) is 17.2 Å². The molecule has 0 saturated heterocycles. The number of methoxy groups -OCH3 is 1. The van der Waals surface area contributed by atoms with Crippen molar-refractivity contribution in [3.05, 3.63) is 90.5 Å². The SMILES string of the molecule is CCCCCCCCCCCCOc1ccc(C(=O)Oc2ccc3ccccc3c2N=Nc2ccccc2OC)cc1. The second kappa shape index (κ2) is 16.9. The van der Waals surface area contributed by atoms with Gasteiger partial charge in [-0.3, -0.25) is 0 Å². The van der Waals surface area contributed by atoms with Gasteiger partial charge in [0.05, 0.1) is 19.3 Å². The Morgan fingerprint density at radius 2 is 1.33 bits per heavy atom. The minimum Gasteiger partial charge on any atom is -0.494 e. The van der Waals surface area contributed by atoms with Crippen molar-refractivity contribution in [2.24, 2.45) is 10.2 Å². The fourth-order valence-electron chi connectivity index (χ4n) is 4.86. The van der Waals surface area contributed by atoms with Crippen molar-refractivity contribution >= 4 is 28.1 Å². The number of nitrogens with zero attached hydrogens (tertiary/aromatic N) is 2. The molecule has 0 aliphatic heterocycles. The summed E-state index contributed by atoms with van der Waals surface area (Å²) in [4.78, 5) is 13.1. The highest BCUT2D eigenvalue weighted by molar-refractivity contribution is 5.98. The van der Waals surface area contributed by atoms with Gasteiger partial charge in [-0.25, -0.2) is 4.79 Å². The first kappa shape index (κ1) is 30.8. The summed E-state index contributed by atoms with van der Waals surface area (Å²) in [5.41, 5.74) is 1.49. The Bertz CT molecular complexity index is 1430. The summed E-state index contributed by atoms with van der Waals surface area (Å²) in [7, 11) is 1.59. The van der Waals surface area contributed by atoms with E-state index in [4.69, 9.17) is 14.2 Å².